The zero-order chi connectivity index (χ0) is 22.0. The van der Waals surface area contributed by atoms with Gasteiger partial charge in [-0.25, -0.2) is 4.79 Å². The van der Waals surface area contributed by atoms with Crippen molar-refractivity contribution in [2.75, 3.05) is 7.05 Å². The van der Waals surface area contributed by atoms with Crippen LogP contribution in [0.3, 0.4) is 0 Å². The van der Waals surface area contributed by atoms with Crippen LogP contribution in [0.5, 0.6) is 0 Å². The Kier molecular flexibility index (Phi) is 5.77. The van der Waals surface area contributed by atoms with Gasteiger partial charge in [0, 0.05) is 30.6 Å². The maximum absolute atomic E-state index is 12.6. The van der Waals surface area contributed by atoms with Gasteiger partial charge in [-0.05, 0) is 48.5 Å². The van der Waals surface area contributed by atoms with Crippen molar-refractivity contribution in [1.82, 2.24) is 14.5 Å². The largest absolute Gasteiger partial charge is 0.459 e. The van der Waals surface area contributed by atoms with Crippen LogP contribution in [-0.2, 0) is 17.9 Å². The highest BCUT2D eigenvalue weighted by Gasteiger charge is 2.14. The maximum Gasteiger partial charge on any atom is 0.328 e. The Bertz CT molecular complexity index is 1350. The average molecular weight is 438 g/mol. The molecule has 2 heterocycles. The van der Waals surface area contributed by atoms with Gasteiger partial charge in [-0.3, -0.25) is 19.1 Å². The summed E-state index contributed by atoms with van der Waals surface area (Å²) in [5, 5.41) is 1.06. The second kappa shape index (κ2) is 8.65. The molecule has 1 N–H and O–H groups in total. The van der Waals surface area contributed by atoms with Crippen molar-refractivity contribution in [3.8, 4) is 11.3 Å². The summed E-state index contributed by atoms with van der Waals surface area (Å²) in [5.74, 6) is 1.19. The van der Waals surface area contributed by atoms with Crippen molar-refractivity contribution in [2.45, 2.75) is 19.5 Å². The van der Waals surface area contributed by atoms with Crippen molar-refractivity contribution in [1.29, 1.82) is 0 Å². The predicted octanol–water partition coefficient (Wildman–Crippen LogP) is 3.65. The number of nitrogens with one attached hydrogen (secondary N) is 1. The van der Waals surface area contributed by atoms with Crippen molar-refractivity contribution < 1.29 is 9.21 Å². The number of para-hydroxylation sites is 1. The molecule has 0 saturated heterocycles. The van der Waals surface area contributed by atoms with Crippen LogP contribution in [0.2, 0.25) is 5.02 Å². The second-order valence-corrected chi connectivity index (χ2v) is 7.64. The molecule has 4 aromatic rings. The lowest BCUT2D eigenvalue weighted by molar-refractivity contribution is -0.130. The summed E-state index contributed by atoms with van der Waals surface area (Å²) in [5.41, 5.74) is 0.437. The first-order valence-electron chi connectivity index (χ1n) is 9.73. The van der Waals surface area contributed by atoms with Gasteiger partial charge in [-0.2, -0.15) is 0 Å². The van der Waals surface area contributed by atoms with E-state index in [2.05, 4.69) is 4.98 Å². The van der Waals surface area contributed by atoms with E-state index in [-0.39, 0.29) is 18.9 Å². The standard InChI is InChI=1S/C23H20ClN3O4/c1-26(14-17-10-11-20(31-17)15-6-8-16(24)9-7-15)21(28)12-13-27-19-5-3-2-4-18(19)22(29)25-23(27)30/h2-11H,12-14H2,1H3,(H,25,29,30). The first kappa shape index (κ1) is 20.7. The van der Waals surface area contributed by atoms with Crippen LogP contribution in [0.15, 0.2) is 74.7 Å². The molecule has 0 aliphatic carbocycles. The van der Waals surface area contributed by atoms with E-state index in [0.29, 0.717) is 34.0 Å². The molecule has 31 heavy (non-hydrogen) atoms. The molecule has 0 spiro atoms. The van der Waals surface area contributed by atoms with Crippen molar-refractivity contribution in [3.05, 3.63) is 92.3 Å². The second-order valence-electron chi connectivity index (χ2n) is 7.20. The molecule has 1 amide bonds. The first-order valence-corrected chi connectivity index (χ1v) is 10.1. The highest BCUT2D eigenvalue weighted by atomic mass is 35.5. The minimum absolute atomic E-state index is 0.108. The Morgan fingerprint density at radius 3 is 2.58 bits per heavy atom. The summed E-state index contributed by atoms with van der Waals surface area (Å²) in [4.78, 5) is 40.7. The van der Waals surface area contributed by atoms with E-state index in [0.717, 1.165) is 5.56 Å². The Morgan fingerprint density at radius 1 is 1.06 bits per heavy atom. The normalized spacial score (nSPS) is 11.0. The van der Waals surface area contributed by atoms with Crippen LogP contribution in [-0.4, -0.2) is 27.4 Å². The molecule has 2 aromatic heterocycles. The summed E-state index contributed by atoms with van der Waals surface area (Å²) in [6.07, 6.45) is 0.108. The third-order valence-corrected chi connectivity index (χ3v) is 5.32. The lowest BCUT2D eigenvalue weighted by atomic mass is 10.2. The molecule has 158 valence electrons. The molecule has 0 radical (unpaired) electrons. The monoisotopic (exact) mass is 437 g/mol. The van der Waals surface area contributed by atoms with Crippen LogP contribution in [0, 0.1) is 0 Å². The minimum atomic E-state index is -0.530. The lowest BCUT2D eigenvalue weighted by Gasteiger charge is -2.16. The Hall–Kier alpha value is -3.58. The van der Waals surface area contributed by atoms with Gasteiger partial charge in [-0.1, -0.05) is 23.7 Å². The Morgan fingerprint density at radius 2 is 1.81 bits per heavy atom. The van der Waals surface area contributed by atoms with Gasteiger partial charge in [0.15, 0.2) is 0 Å². The van der Waals surface area contributed by atoms with Gasteiger partial charge in [0.25, 0.3) is 5.56 Å². The number of halogens is 1. The fraction of sp³-hybridized carbons (Fsp3) is 0.174. The molecule has 0 unspecified atom stereocenters. The number of H-pyrrole nitrogens is 1. The molecular formula is C23H20ClN3O4. The molecule has 8 heteroatoms. The number of amides is 1. The van der Waals surface area contributed by atoms with Crippen molar-refractivity contribution >= 4 is 28.4 Å². The number of benzene rings is 2. The molecular weight excluding hydrogens is 418 g/mol. The number of hydrogen-bond donors (Lipinski definition) is 1. The number of aromatic nitrogens is 2. The topological polar surface area (TPSA) is 88.3 Å². The first-order chi connectivity index (χ1) is 14.9. The quantitative estimate of drug-likeness (QED) is 0.498. The number of aryl methyl sites for hydroxylation is 1. The number of carbonyl (C=O) groups excluding carboxylic acids is 1. The number of aromatic amines is 1. The van der Waals surface area contributed by atoms with E-state index in [9.17, 15) is 14.4 Å². The highest BCUT2D eigenvalue weighted by Crippen LogP contribution is 2.24. The third kappa shape index (κ3) is 4.46. The number of nitrogens with zero attached hydrogens (tertiary/aromatic N) is 2. The molecule has 0 aliphatic heterocycles. The summed E-state index contributed by atoms with van der Waals surface area (Å²) in [7, 11) is 1.68. The molecule has 4 rings (SSSR count). The fourth-order valence-corrected chi connectivity index (χ4v) is 3.54. The molecule has 0 fully saturated rings. The molecule has 7 nitrogen and oxygen atoms in total. The smallest absolute Gasteiger partial charge is 0.328 e. The SMILES string of the molecule is CN(Cc1ccc(-c2ccc(Cl)cc2)o1)C(=O)CCn1c(=O)[nH]c(=O)c2ccccc21. The van der Waals surface area contributed by atoms with Gasteiger partial charge < -0.3 is 9.32 Å². The van der Waals surface area contributed by atoms with Gasteiger partial charge in [0.2, 0.25) is 5.91 Å². The Balaban J connectivity index is 1.43. The third-order valence-electron chi connectivity index (χ3n) is 5.06. The van der Waals surface area contributed by atoms with Crippen LogP contribution in [0.1, 0.15) is 12.2 Å². The fourth-order valence-electron chi connectivity index (χ4n) is 3.42. The van der Waals surface area contributed by atoms with E-state index < -0.39 is 11.2 Å². The summed E-state index contributed by atoms with van der Waals surface area (Å²) >= 11 is 5.92. The molecule has 0 saturated carbocycles. The van der Waals surface area contributed by atoms with Gasteiger partial charge in [0.1, 0.15) is 11.5 Å². The van der Waals surface area contributed by atoms with Gasteiger partial charge >= 0.3 is 5.69 Å². The number of rotatable bonds is 6. The number of furan rings is 1. The highest BCUT2D eigenvalue weighted by molar-refractivity contribution is 6.30. The zero-order valence-corrected chi connectivity index (χ0v) is 17.6. The Labute approximate surface area is 182 Å². The molecule has 0 aliphatic rings. The number of fused-ring (bicyclic) bond motifs is 1. The molecule has 2 aromatic carbocycles. The van der Waals surface area contributed by atoms with E-state index in [1.807, 2.05) is 24.3 Å². The van der Waals surface area contributed by atoms with Crippen molar-refractivity contribution in [3.63, 3.8) is 0 Å². The minimum Gasteiger partial charge on any atom is -0.459 e. The zero-order valence-electron chi connectivity index (χ0n) is 16.8. The van der Waals surface area contributed by atoms with Gasteiger partial charge in [0.05, 0.1) is 17.4 Å². The van der Waals surface area contributed by atoms with Crippen molar-refractivity contribution in [2.24, 2.45) is 0 Å². The van der Waals surface area contributed by atoms with E-state index in [1.54, 1.807) is 48.3 Å². The van der Waals surface area contributed by atoms with E-state index in [1.165, 1.54) is 4.57 Å². The number of hydrogen-bond acceptors (Lipinski definition) is 4. The predicted molar refractivity (Wildman–Crippen MR) is 119 cm³/mol. The average Bonchev–Trinajstić information content (AvgIpc) is 3.22. The lowest BCUT2D eigenvalue weighted by Crippen LogP contribution is -2.33. The van der Waals surface area contributed by atoms with E-state index in [4.69, 9.17) is 16.0 Å². The molecule has 0 bridgehead atoms. The van der Waals surface area contributed by atoms with Crippen LogP contribution < -0.4 is 11.2 Å². The van der Waals surface area contributed by atoms with Crippen LogP contribution in [0.25, 0.3) is 22.2 Å². The van der Waals surface area contributed by atoms with Gasteiger partial charge in [-0.15, -0.1) is 0 Å². The van der Waals surface area contributed by atoms with Crippen LogP contribution >= 0.6 is 11.6 Å². The summed E-state index contributed by atoms with van der Waals surface area (Å²) in [6.45, 7) is 0.459. The molecule has 0 atom stereocenters. The maximum atomic E-state index is 12.6. The number of carbonyl (C=O) groups is 1. The van der Waals surface area contributed by atoms with Crippen LogP contribution in [0.4, 0.5) is 0 Å². The van der Waals surface area contributed by atoms with E-state index >= 15 is 0 Å². The summed E-state index contributed by atoms with van der Waals surface area (Å²) < 4.78 is 7.26. The summed E-state index contributed by atoms with van der Waals surface area (Å²) in [6, 6.07) is 17.8.